The lowest BCUT2D eigenvalue weighted by atomic mass is 10.2. The summed E-state index contributed by atoms with van der Waals surface area (Å²) >= 11 is 0. The number of rotatable bonds is 6. The van der Waals surface area contributed by atoms with Crippen LogP contribution in [0.3, 0.4) is 0 Å². The van der Waals surface area contributed by atoms with Crippen molar-refractivity contribution in [1.29, 1.82) is 0 Å². The molecule has 6 nitrogen and oxygen atoms in total. The summed E-state index contributed by atoms with van der Waals surface area (Å²) in [5.74, 6) is 2.63. The quantitative estimate of drug-likeness (QED) is 0.812. The molecule has 0 bridgehead atoms. The molecule has 0 saturated carbocycles. The van der Waals surface area contributed by atoms with Gasteiger partial charge in [0.25, 0.3) is 0 Å². The maximum Gasteiger partial charge on any atom is 0.134 e. The van der Waals surface area contributed by atoms with Crippen LogP contribution in [-0.2, 0) is 11.2 Å². The second kappa shape index (κ2) is 7.40. The van der Waals surface area contributed by atoms with Crippen molar-refractivity contribution in [1.82, 2.24) is 9.97 Å². The van der Waals surface area contributed by atoms with E-state index in [2.05, 4.69) is 34.0 Å². The molecule has 2 N–H and O–H groups in total. The molecule has 112 valence electrons. The molecule has 1 aromatic rings. The number of anilines is 2. The highest BCUT2D eigenvalue weighted by Gasteiger charge is 2.21. The van der Waals surface area contributed by atoms with Crippen molar-refractivity contribution >= 4 is 11.6 Å². The summed E-state index contributed by atoms with van der Waals surface area (Å²) in [7, 11) is 0. The zero-order valence-corrected chi connectivity index (χ0v) is 12.3. The molecule has 1 fully saturated rings. The van der Waals surface area contributed by atoms with Gasteiger partial charge in [-0.3, -0.25) is 0 Å². The Morgan fingerprint density at radius 3 is 3.00 bits per heavy atom. The van der Waals surface area contributed by atoms with E-state index in [0.29, 0.717) is 13.2 Å². The number of aliphatic hydroxyl groups is 1. The van der Waals surface area contributed by atoms with Crippen LogP contribution in [0.4, 0.5) is 11.6 Å². The normalized spacial score (nSPS) is 19.1. The number of nitrogens with one attached hydrogen (secondary N) is 1. The van der Waals surface area contributed by atoms with Crippen molar-refractivity contribution in [2.45, 2.75) is 32.8 Å². The molecule has 1 aliphatic rings. The monoisotopic (exact) mass is 280 g/mol. The van der Waals surface area contributed by atoms with Gasteiger partial charge in [-0.05, 0) is 6.42 Å². The van der Waals surface area contributed by atoms with Crippen LogP contribution in [0.15, 0.2) is 6.07 Å². The van der Waals surface area contributed by atoms with Crippen molar-refractivity contribution < 1.29 is 9.84 Å². The third-order valence-electron chi connectivity index (χ3n) is 3.30. The lowest BCUT2D eigenvalue weighted by Crippen LogP contribution is -2.44. The van der Waals surface area contributed by atoms with E-state index in [1.807, 2.05) is 6.07 Å². The molecule has 6 heteroatoms. The van der Waals surface area contributed by atoms with Crippen LogP contribution in [0.1, 0.15) is 26.1 Å². The fraction of sp³-hybridized carbons (Fsp3) is 0.714. The number of hydrogen-bond donors (Lipinski definition) is 2. The second-order valence-electron chi connectivity index (χ2n) is 4.93. The number of hydrogen-bond acceptors (Lipinski definition) is 6. The standard InChI is InChI=1S/C14H24N4O2/c1-3-5-15-13-8-14(17-12(4-2)16-13)18-6-7-20-11(9-18)10-19/h8,11,19H,3-7,9-10H2,1-2H3,(H,15,16,17). The van der Waals surface area contributed by atoms with Crippen molar-refractivity contribution in [2.24, 2.45) is 0 Å². The highest BCUT2D eigenvalue weighted by atomic mass is 16.5. The molecule has 1 saturated heterocycles. The van der Waals surface area contributed by atoms with Gasteiger partial charge in [-0.15, -0.1) is 0 Å². The van der Waals surface area contributed by atoms with Crippen LogP contribution < -0.4 is 10.2 Å². The fourth-order valence-electron chi connectivity index (χ4n) is 2.18. The first-order valence-electron chi connectivity index (χ1n) is 7.36. The van der Waals surface area contributed by atoms with Gasteiger partial charge < -0.3 is 20.1 Å². The Morgan fingerprint density at radius 1 is 1.45 bits per heavy atom. The smallest absolute Gasteiger partial charge is 0.134 e. The van der Waals surface area contributed by atoms with Crippen LogP contribution in [0, 0.1) is 0 Å². The van der Waals surface area contributed by atoms with Gasteiger partial charge in [0.2, 0.25) is 0 Å². The highest BCUT2D eigenvalue weighted by Crippen LogP contribution is 2.19. The Kier molecular flexibility index (Phi) is 5.55. The van der Waals surface area contributed by atoms with E-state index in [1.54, 1.807) is 0 Å². The van der Waals surface area contributed by atoms with Gasteiger partial charge in [-0.25, -0.2) is 9.97 Å². The molecule has 1 aliphatic heterocycles. The minimum absolute atomic E-state index is 0.0448. The lowest BCUT2D eigenvalue weighted by molar-refractivity contribution is 0.00335. The first kappa shape index (κ1) is 15.0. The molecule has 0 aromatic carbocycles. The van der Waals surface area contributed by atoms with Gasteiger partial charge in [0, 0.05) is 32.1 Å². The topological polar surface area (TPSA) is 70.5 Å². The van der Waals surface area contributed by atoms with Crippen LogP contribution >= 0.6 is 0 Å². The van der Waals surface area contributed by atoms with Crippen molar-refractivity contribution in [3.05, 3.63) is 11.9 Å². The van der Waals surface area contributed by atoms with E-state index in [9.17, 15) is 5.11 Å². The van der Waals surface area contributed by atoms with Gasteiger partial charge in [-0.1, -0.05) is 13.8 Å². The average molecular weight is 280 g/mol. The zero-order chi connectivity index (χ0) is 14.4. The summed E-state index contributed by atoms with van der Waals surface area (Å²) < 4.78 is 5.48. The number of ether oxygens (including phenoxy) is 1. The Hall–Kier alpha value is -1.40. The minimum atomic E-state index is -0.129. The largest absolute Gasteiger partial charge is 0.394 e. The summed E-state index contributed by atoms with van der Waals surface area (Å²) in [5, 5.41) is 12.5. The summed E-state index contributed by atoms with van der Waals surface area (Å²) in [6.07, 6.45) is 1.74. The molecule has 1 atom stereocenters. The summed E-state index contributed by atoms with van der Waals surface area (Å²) in [6, 6.07) is 1.98. The van der Waals surface area contributed by atoms with E-state index >= 15 is 0 Å². The van der Waals surface area contributed by atoms with E-state index < -0.39 is 0 Å². The van der Waals surface area contributed by atoms with Crippen LogP contribution in [-0.4, -0.2) is 54.0 Å². The van der Waals surface area contributed by atoms with E-state index in [4.69, 9.17) is 4.74 Å². The molecule has 0 aliphatic carbocycles. The van der Waals surface area contributed by atoms with Crippen molar-refractivity contribution in [3.8, 4) is 0 Å². The summed E-state index contributed by atoms with van der Waals surface area (Å²) in [5.41, 5.74) is 0. The van der Waals surface area contributed by atoms with Gasteiger partial charge in [0.1, 0.15) is 17.5 Å². The zero-order valence-electron chi connectivity index (χ0n) is 12.3. The SMILES string of the molecule is CCCNc1cc(N2CCOC(CO)C2)nc(CC)n1. The van der Waals surface area contributed by atoms with E-state index in [0.717, 1.165) is 43.4 Å². The molecule has 2 heterocycles. The van der Waals surface area contributed by atoms with Crippen LogP contribution in [0.5, 0.6) is 0 Å². The predicted octanol–water partition coefficient (Wildman–Crippen LogP) is 1.06. The average Bonchev–Trinajstić information content (AvgIpc) is 2.52. The third-order valence-corrected chi connectivity index (χ3v) is 3.30. The van der Waals surface area contributed by atoms with Crippen LogP contribution in [0.2, 0.25) is 0 Å². The molecule has 1 unspecified atom stereocenters. The summed E-state index contributed by atoms with van der Waals surface area (Å²) in [4.78, 5) is 11.2. The highest BCUT2D eigenvalue weighted by molar-refractivity contribution is 5.49. The first-order chi connectivity index (χ1) is 9.76. The van der Waals surface area contributed by atoms with Gasteiger partial charge in [0.05, 0.1) is 19.3 Å². The second-order valence-corrected chi connectivity index (χ2v) is 4.93. The number of nitrogens with zero attached hydrogens (tertiary/aromatic N) is 3. The molecule has 0 amide bonds. The van der Waals surface area contributed by atoms with E-state index in [1.165, 1.54) is 0 Å². The maximum absolute atomic E-state index is 9.23. The Balaban J connectivity index is 2.16. The van der Waals surface area contributed by atoms with Crippen molar-refractivity contribution in [3.63, 3.8) is 0 Å². The minimum Gasteiger partial charge on any atom is -0.394 e. The number of morpholine rings is 1. The molecular weight excluding hydrogens is 256 g/mol. The molecule has 1 aromatic heterocycles. The fourth-order valence-corrected chi connectivity index (χ4v) is 2.18. The summed E-state index contributed by atoms with van der Waals surface area (Å²) in [6.45, 7) is 7.22. The molecule has 0 radical (unpaired) electrons. The van der Waals surface area contributed by atoms with Crippen LogP contribution in [0.25, 0.3) is 0 Å². The Bertz CT molecular complexity index is 428. The van der Waals surface area contributed by atoms with Crippen molar-refractivity contribution in [2.75, 3.05) is 43.1 Å². The van der Waals surface area contributed by atoms with E-state index in [-0.39, 0.29) is 12.7 Å². The lowest BCUT2D eigenvalue weighted by Gasteiger charge is -2.33. The molecule has 20 heavy (non-hydrogen) atoms. The number of aryl methyl sites for hydroxylation is 1. The third kappa shape index (κ3) is 3.80. The van der Waals surface area contributed by atoms with Gasteiger partial charge >= 0.3 is 0 Å². The Morgan fingerprint density at radius 2 is 2.30 bits per heavy atom. The first-order valence-corrected chi connectivity index (χ1v) is 7.36. The van der Waals surface area contributed by atoms with Gasteiger partial charge in [-0.2, -0.15) is 0 Å². The Labute approximate surface area is 120 Å². The number of aromatic nitrogens is 2. The molecule has 0 spiro atoms. The maximum atomic E-state index is 9.23. The predicted molar refractivity (Wildman–Crippen MR) is 79.2 cm³/mol. The molecular formula is C14H24N4O2. The van der Waals surface area contributed by atoms with Gasteiger partial charge in [0.15, 0.2) is 0 Å². The molecule has 2 rings (SSSR count). The number of aliphatic hydroxyl groups excluding tert-OH is 1.